The number of benzene rings is 1. The van der Waals surface area contributed by atoms with E-state index in [2.05, 4.69) is 26.0 Å². The van der Waals surface area contributed by atoms with E-state index in [1.165, 1.54) is 15.8 Å². The SMILES string of the molecule is Cc1ccc(C)c2sc(-c3ccc(Cl)s3)nc12. The van der Waals surface area contributed by atoms with Crippen LogP contribution in [0.4, 0.5) is 0 Å². The fourth-order valence-corrected chi connectivity index (χ4v) is 4.00. The third kappa shape index (κ3) is 1.88. The standard InChI is InChI=1S/C13H10ClNS2/c1-7-3-4-8(2)12-11(7)15-13(17-12)9-5-6-10(14)16-9/h3-6H,1-2H3. The fraction of sp³-hybridized carbons (Fsp3) is 0.154. The van der Waals surface area contributed by atoms with Crippen molar-refractivity contribution in [1.29, 1.82) is 0 Å². The number of hydrogen-bond donors (Lipinski definition) is 0. The van der Waals surface area contributed by atoms with Crippen molar-refractivity contribution in [2.24, 2.45) is 0 Å². The highest BCUT2D eigenvalue weighted by molar-refractivity contribution is 7.26. The van der Waals surface area contributed by atoms with Gasteiger partial charge in [0.1, 0.15) is 5.01 Å². The van der Waals surface area contributed by atoms with Gasteiger partial charge in [-0.2, -0.15) is 0 Å². The molecule has 0 bridgehead atoms. The third-order valence-electron chi connectivity index (χ3n) is 2.73. The summed E-state index contributed by atoms with van der Waals surface area (Å²) in [5.41, 5.74) is 3.64. The van der Waals surface area contributed by atoms with Crippen LogP contribution in [0.1, 0.15) is 11.1 Å². The molecule has 0 spiro atoms. The van der Waals surface area contributed by atoms with Gasteiger partial charge in [-0.1, -0.05) is 23.7 Å². The summed E-state index contributed by atoms with van der Waals surface area (Å²) in [6.45, 7) is 4.23. The molecule has 86 valence electrons. The Morgan fingerprint density at radius 2 is 1.76 bits per heavy atom. The number of rotatable bonds is 1. The second kappa shape index (κ2) is 4.09. The minimum Gasteiger partial charge on any atom is -0.235 e. The number of halogens is 1. The molecule has 3 aromatic rings. The van der Waals surface area contributed by atoms with E-state index in [1.54, 1.807) is 22.7 Å². The first kappa shape index (κ1) is 11.2. The van der Waals surface area contributed by atoms with Crippen LogP contribution in [0.25, 0.3) is 20.1 Å². The lowest BCUT2D eigenvalue weighted by Crippen LogP contribution is -1.78. The number of nitrogens with zero attached hydrogens (tertiary/aromatic N) is 1. The zero-order chi connectivity index (χ0) is 12.0. The maximum Gasteiger partial charge on any atom is 0.134 e. The quantitative estimate of drug-likeness (QED) is 0.589. The number of thiazole rings is 1. The van der Waals surface area contributed by atoms with Gasteiger partial charge in [0.2, 0.25) is 0 Å². The fourth-order valence-electron chi connectivity index (χ4n) is 1.79. The highest BCUT2D eigenvalue weighted by Gasteiger charge is 2.11. The summed E-state index contributed by atoms with van der Waals surface area (Å²) in [6.07, 6.45) is 0. The lowest BCUT2D eigenvalue weighted by molar-refractivity contribution is 1.41. The smallest absolute Gasteiger partial charge is 0.134 e. The Morgan fingerprint density at radius 3 is 2.41 bits per heavy atom. The summed E-state index contributed by atoms with van der Waals surface area (Å²) in [5, 5.41) is 1.06. The van der Waals surface area contributed by atoms with Crippen LogP contribution in [0.5, 0.6) is 0 Å². The molecule has 0 fully saturated rings. The van der Waals surface area contributed by atoms with E-state index in [9.17, 15) is 0 Å². The monoisotopic (exact) mass is 279 g/mol. The minimum absolute atomic E-state index is 0.813. The summed E-state index contributed by atoms with van der Waals surface area (Å²) in [4.78, 5) is 5.88. The number of hydrogen-bond acceptors (Lipinski definition) is 3. The molecule has 0 amide bonds. The molecule has 1 aromatic carbocycles. The van der Waals surface area contributed by atoms with Crippen molar-refractivity contribution in [2.75, 3.05) is 0 Å². The average molecular weight is 280 g/mol. The molecule has 1 nitrogen and oxygen atoms in total. The van der Waals surface area contributed by atoms with Gasteiger partial charge >= 0.3 is 0 Å². The summed E-state index contributed by atoms with van der Waals surface area (Å²) in [5.74, 6) is 0. The number of aryl methyl sites for hydroxylation is 2. The van der Waals surface area contributed by atoms with E-state index in [0.29, 0.717) is 0 Å². The first-order valence-electron chi connectivity index (χ1n) is 5.27. The van der Waals surface area contributed by atoms with Gasteiger partial charge < -0.3 is 0 Å². The van der Waals surface area contributed by atoms with Crippen LogP contribution in [-0.2, 0) is 0 Å². The zero-order valence-corrected chi connectivity index (χ0v) is 11.8. The molecule has 0 aliphatic carbocycles. The molecule has 0 N–H and O–H groups in total. The van der Waals surface area contributed by atoms with Crippen molar-refractivity contribution >= 4 is 44.5 Å². The van der Waals surface area contributed by atoms with Crippen LogP contribution in [0, 0.1) is 13.8 Å². The van der Waals surface area contributed by atoms with Gasteiger partial charge in [0.25, 0.3) is 0 Å². The molecule has 0 saturated heterocycles. The van der Waals surface area contributed by atoms with Gasteiger partial charge in [0, 0.05) is 0 Å². The molecule has 2 aromatic heterocycles. The Hall–Kier alpha value is -0.900. The molecule has 4 heteroatoms. The van der Waals surface area contributed by atoms with Crippen molar-refractivity contribution < 1.29 is 0 Å². The van der Waals surface area contributed by atoms with Crippen molar-refractivity contribution in [3.8, 4) is 9.88 Å². The molecule has 3 rings (SSSR count). The van der Waals surface area contributed by atoms with E-state index < -0.39 is 0 Å². The molecule has 0 aliphatic rings. The van der Waals surface area contributed by atoms with Crippen molar-refractivity contribution in [1.82, 2.24) is 4.98 Å². The van der Waals surface area contributed by atoms with E-state index >= 15 is 0 Å². The Bertz CT molecular complexity index is 658. The Balaban J connectivity index is 2.26. The number of fused-ring (bicyclic) bond motifs is 1. The van der Waals surface area contributed by atoms with E-state index in [1.807, 2.05) is 12.1 Å². The summed E-state index contributed by atoms with van der Waals surface area (Å²) in [7, 11) is 0. The Kier molecular flexibility index (Phi) is 2.69. The maximum absolute atomic E-state index is 5.97. The molecule has 0 radical (unpaired) electrons. The van der Waals surface area contributed by atoms with Gasteiger partial charge in [-0.15, -0.1) is 22.7 Å². The highest BCUT2D eigenvalue weighted by Crippen LogP contribution is 2.37. The van der Waals surface area contributed by atoms with Gasteiger partial charge in [0.05, 0.1) is 19.4 Å². The second-order valence-electron chi connectivity index (χ2n) is 4.00. The first-order chi connectivity index (χ1) is 8.15. The molecule has 2 heterocycles. The number of aromatic nitrogens is 1. The lowest BCUT2D eigenvalue weighted by atomic mass is 10.1. The van der Waals surface area contributed by atoms with Crippen LogP contribution >= 0.6 is 34.3 Å². The lowest BCUT2D eigenvalue weighted by Gasteiger charge is -1.96. The van der Waals surface area contributed by atoms with Crippen LogP contribution in [0.3, 0.4) is 0 Å². The Labute approximate surface area is 113 Å². The molecule has 17 heavy (non-hydrogen) atoms. The van der Waals surface area contributed by atoms with Crippen LogP contribution < -0.4 is 0 Å². The average Bonchev–Trinajstić information content (AvgIpc) is 2.90. The predicted octanol–water partition coefficient (Wildman–Crippen LogP) is 5.30. The molecule has 0 unspecified atom stereocenters. The zero-order valence-electron chi connectivity index (χ0n) is 9.45. The Morgan fingerprint density at radius 1 is 1.00 bits per heavy atom. The third-order valence-corrected chi connectivity index (χ3v) is 5.32. The van der Waals surface area contributed by atoms with Crippen molar-refractivity contribution in [3.05, 3.63) is 39.7 Å². The van der Waals surface area contributed by atoms with Crippen molar-refractivity contribution in [2.45, 2.75) is 13.8 Å². The molecular formula is C13H10ClNS2. The van der Waals surface area contributed by atoms with Crippen LogP contribution in [-0.4, -0.2) is 4.98 Å². The van der Waals surface area contributed by atoms with Gasteiger partial charge in [-0.3, -0.25) is 0 Å². The van der Waals surface area contributed by atoms with E-state index in [4.69, 9.17) is 16.6 Å². The second-order valence-corrected chi connectivity index (χ2v) is 6.71. The molecular weight excluding hydrogens is 270 g/mol. The molecule has 0 aliphatic heterocycles. The largest absolute Gasteiger partial charge is 0.235 e. The summed E-state index contributed by atoms with van der Waals surface area (Å²) in [6, 6.07) is 8.24. The van der Waals surface area contributed by atoms with Gasteiger partial charge in [-0.05, 0) is 37.1 Å². The van der Waals surface area contributed by atoms with Gasteiger partial charge in [0.15, 0.2) is 0 Å². The predicted molar refractivity (Wildman–Crippen MR) is 77.4 cm³/mol. The summed E-state index contributed by atoms with van der Waals surface area (Å²) >= 11 is 9.29. The maximum atomic E-state index is 5.97. The van der Waals surface area contributed by atoms with Crippen LogP contribution in [0.15, 0.2) is 24.3 Å². The van der Waals surface area contributed by atoms with E-state index in [0.717, 1.165) is 19.7 Å². The van der Waals surface area contributed by atoms with Gasteiger partial charge in [-0.25, -0.2) is 4.98 Å². The van der Waals surface area contributed by atoms with E-state index in [-0.39, 0.29) is 0 Å². The number of thiophene rings is 1. The highest BCUT2D eigenvalue weighted by atomic mass is 35.5. The molecule has 0 atom stereocenters. The normalized spacial score (nSPS) is 11.2. The topological polar surface area (TPSA) is 12.9 Å². The van der Waals surface area contributed by atoms with Crippen LogP contribution in [0.2, 0.25) is 4.34 Å². The minimum atomic E-state index is 0.813. The summed E-state index contributed by atoms with van der Waals surface area (Å²) < 4.78 is 2.09. The first-order valence-corrected chi connectivity index (χ1v) is 7.29. The van der Waals surface area contributed by atoms with Crippen molar-refractivity contribution in [3.63, 3.8) is 0 Å². The molecule has 0 saturated carbocycles.